The van der Waals surface area contributed by atoms with E-state index in [4.69, 9.17) is 29.8 Å². The number of rotatable bonds is 23. The van der Waals surface area contributed by atoms with Crippen molar-refractivity contribution in [2.75, 3.05) is 45.4 Å². The van der Waals surface area contributed by atoms with Crippen LogP contribution >= 0.6 is 0 Å². The summed E-state index contributed by atoms with van der Waals surface area (Å²) in [5.74, 6) is -4.88. The number of fused-ring (bicyclic) bond motifs is 6. The van der Waals surface area contributed by atoms with Gasteiger partial charge >= 0.3 is 24.9 Å². The number of hydrogen-bond acceptors (Lipinski definition) is 19. The highest BCUT2D eigenvalue weighted by Crippen LogP contribution is 2.56. The number of nitrogens with two attached hydrogens (primary N) is 1. The Labute approximate surface area is 671 Å². The van der Waals surface area contributed by atoms with E-state index in [0.717, 1.165) is 27.7 Å². The van der Waals surface area contributed by atoms with Gasteiger partial charge in [0.25, 0.3) is 0 Å². The molecule has 3 aliphatic carbocycles. The Morgan fingerprint density at radius 2 is 0.780 bits per heavy atom. The Morgan fingerprint density at radius 1 is 0.458 bits per heavy atom. The summed E-state index contributed by atoms with van der Waals surface area (Å²) in [6.45, 7) is 19.8. The number of carbonyl (C=O) groups is 3. The van der Waals surface area contributed by atoms with E-state index >= 15 is 8.78 Å². The number of halogens is 9. The zero-order valence-electron chi connectivity index (χ0n) is 66.5. The van der Waals surface area contributed by atoms with Crippen LogP contribution in [0.1, 0.15) is 153 Å². The maximum atomic E-state index is 15.6. The number of ketones is 2. The molecule has 8 heterocycles. The second kappa shape index (κ2) is 30.3. The first-order chi connectivity index (χ1) is 55.2. The van der Waals surface area contributed by atoms with Crippen LogP contribution in [0, 0.1) is 17.5 Å². The lowest BCUT2D eigenvalue weighted by Crippen LogP contribution is -2.29. The lowest BCUT2D eigenvalue weighted by Gasteiger charge is -2.26. The van der Waals surface area contributed by atoms with Crippen molar-refractivity contribution in [2.24, 2.45) is 0 Å². The van der Waals surface area contributed by atoms with Crippen LogP contribution in [0.2, 0.25) is 0 Å². The molecule has 3 atom stereocenters. The Hall–Kier alpha value is -9.64. The topological polar surface area (TPSA) is 306 Å². The number of anilines is 1. The van der Waals surface area contributed by atoms with Crippen LogP contribution in [0.15, 0.2) is 109 Å². The number of carbonyl (C=O) groups excluding carboxylic acids is 2. The molecule has 17 rings (SSSR count). The van der Waals surface area contributed by atoms with E-state index < -0.39 is 99.1 Å². The number of aliphatic carboxylic acids is 1. The summed E-state index contributed by atoms with van der Waals surface area (Å²) in [5, 5.41) is 60.5. The standard InChI is InChI=1S/C30H32F3NO6.C27H28F3NO6.C18H25FN2O3.C11H8F2O4/c1-27(2,16-35)25-10-18-9-17(21(31)13-22(18)34(25)14-20-15-37-28(3,4)38-20)11-26(36)29(7-8-29)19-5-6-23-24(12-19)40-30(32,33)39-23;1-25(2,14-33)23-8-16-7-15(19(28)11-20(16)31(23)12-18(34)13-32)9-24(35)26(5-6-26)17-3-4-21-22(10-17)37-27(29,30)36-21;1-17(2,10-22)16-6-11-5-14(20)13(19)7-15(11)21(16)8-12-9-23-18(3,4)24-12;12-11(13)16-7-2-1-6(5-8(7)17-11)10(3-4-10)9(14)15/h5-6,9-10,12-13,20,35H,7-8,11,14-16H2,1-4H3;3-4,7-8,10-11,18,32-34H,5-6,9,12-14H2,1-2H3;5-7,12,22H,8-10,20H2,1-4H3;1-2,5H,3-4H2,(H,14,15)/t20-;18-;12-;/m111./s1. The minimum absolute atomic E-state index is 0.00273. The normalized spacial score (nSPS) is 20.7. The SMILES string of the molecule is CC(C)(CO)c1cc2cc(CC(=O)C3(c4ccc5c(c4)OC(F)(F)O5)CC3)c(F)cc2n1C[C@@H](O)CO.CC1(C)OC[C@@H](Cn2c(C(C)(C)CO)cc3cc(CC(=O)C4(c5ccc6c(c5)OC(F)(F)O6)CC4)c(F)cc32)O1.CC1(C)OC[C@@H](Cn2c(C(C)(C)CO)cc3cc(N)c(F)cc32)O1.O=C(O)C1(c2ccc3c(c2)OC(F)(F)O3)CC1. The summed E-state index contributed by atoms with van der Waals surface area (Å²) in [4.78, 5) is 38.0. The molecule has 2 saturated heterocycles. The Balaban J connectivity index is 0.000000135. The third-order valence-corrected chi connectivity index (χ3v) is 23.2. The van der Waals surface area contributed by atoms with Crippen molar-refractivity contribution in [3.63, 3.8) is 0 Å². The smallest absolute Gasteiger partial charge is 0.481 e. The Bertz CT molecular complexity index is 5430. The average Bonchev–Trinajstić information content (AvgIpc) is 1.60. The largest absolute Gasteiger partial charge is 0.586 e. The van der Waals surface area contributed by atoms with E-state index in [9.17, 15) is 70.6 Å². The second-order valence-corrected chi connectivity index (χ2v) is 34.5. The number of ether oxygens (including phenoxy) is 10. The fraction of sp³-hybridized carbons (Fsp3) is 0.477. The number of nitrogen functional groups attached to an aromatic ring is 1. The molecule has 6 aromatic carbocycles. The number of hydrogen-bond donors (Lipinski definition) is 7. The first-order valence-electron chi connectivity index (χ1n) is 38.7. The number of nitrogens with zero attached hydrogens (tertiary/aromatic N) is 3. The van der Waals surface area contributed by atoms with Crippen LogP contribution < -0.4 is 34.2 Å². The number of aliphatic hydroxyl groups is 5. The van der Waals surface area contributed by atoms with Gasteiger partial charge in [-0.05, 0) is 179 Å². The molecule has 3 aromatic heterocycles. The Morgan fingerprint density at radius 3 is 1.10 bits per heavy atom. The molecule has 0 unspecified atom stereocenters. The van der Waals surface area contributed by atoms with E-state index in [1.807, 2.05) is 90.5 Å². The van der Waals surface area contributed by atoms with Crippen molar-refractivity contribution in [3.05, 3.63) is 172 Å². The monoisotopic (exact) mass is 1660 g/mol. The van der Waals surface area contributed by atoms with E-state index in [1.165, 1.54) is 60.7 Å². The van der Waals surface area contributed by atoms with Crippen LogP contribution in [0.25, 0.3) is 32.7 Å². The van der Waals surface area contributed by atoms with Crippen molar-refractivity contribution < 1.29 is 132 Å². The molecular weight excluding hydrogens is 1560 g/mol. The third-order valence-electron chi connectivity index (χ3n) is 23.2. The number of aliphatic hydroxyl groups excluding tert-OH is 5. The zero-order valence-corrected chi connectivity index (χ0v) is 66.5. The van der Waals surface area contributed by atoms with E-state index in [1.54, 1.807) is 41.0 Å². The molecule has 0 amide bonds. The molecule has 9 aromatic rings. The van der Waals surface area contributed by atoms with Crippen LogP contribution in [0.3, 0.4) is 0 Å². The first kappa shape index (κ1) is 84.8. The maximum absolute atomic E-state index is 15.6. The van der Waals surface area contributed by atoms with Gasteiger partial charge in [0, 0.05) is 68.4 Å². The minimum Gasteiger partial charge on any atom is -0.481 e. The molecule has 8 aliphatic rings. The summed E-state index contributed by atoms with van der Waals surface area (Å²) < 4.78 is 180. The summed E-state index contributed by atoms with van der Waals surface area (Å²) in [7, 11) is 0. The summed E-state index contributed by atoms with van der Waals surface area (Å²) in [6.07, 6.45) is -9.86. The summed E-state index contributed by atoms with van der Waals surface area (Å²) in [5.41, 5.74) is 7.53. The van der Waals surface area contributed by atoms with Gasteiger partial charge in [-0.2, -0.15) is 0 Å². The predicted molar refractivity (Wildman–Crippen MR) is 409 cm³/mol. The van der Waals surface area contributed by atoms with Crippen LogP contribution in [0.5, 0.6) is 34.5 Å². The van der Waals surface area contributed by atoms with Gasteiger partial charge in [-0.15, -0.1) is 26.3 Å². The van der Waals surface area contributed by atoms with E-state index in [0.29, 0.717) is 104 Å². The number of benzene rings is 6. The zero-order chi connectivity index (χ0) is 85.4. The minimum atomic E-state index is -3.76. The molecule has 118 heavy (non-hydrogen) atoms. The van der Waals surface area contributed by atoms with Gasteiger partial charge in [0.15, 0.2) is 46.1 Å². The van der Waals surface area contributed by atoms with Crippen molar-refractivity contribution in [1.29, 1.82) is 0 Å². The van der Waals surface area contributed by atoms with Gasteiger partial charge in [0.1, 0.15) is 41.2 Å². The van der Waals surface area contributed by atoms with Gasteiger partial charge in [0.2, 0.25) is 0 Å². The lowest BCUT2D eigenvalue weighted by atomic mass is 9.87. The molecule has 32 heteroatoms. The number of Topliss-reactive ketones (excluding diaryl/α,β-unsaturated/α-hetero) is 2. The molecule has 5 fully saturated rings. The summed E-state index contributed by atoms with van der Waals surface area (Å²) in [6, 6.07) is 27.5. The van der Waals surface area contributed by atoms with Crippen LogP contribution in [-0.2, 0) is 98.3 Å². The maximum Gasteiger partial charge on any atom is 0.586 e. The van der Waals surface area contributed by atoms with Crippen molar-refractivity contribution >= 4 is 55.9 Å². The molecule has 0 bridgehead atoms. The number of carboxylic acids is 1. The lowest BCUT2D eigenvalue weighted by molar-refractivity contribution is -0.287. The molecule has 0 radical (unpaired) electrons. The molecule has 634 valence electrons. The fourth-order valence-corrected chi connectivity index (χ4v) is 16.0. The highest BCUT2D eigenvalue weighted by molar-refractivity contribution is 5.97. The van der Waals surface area contributed by atoms with E-state index in [-0.39, 0.29) is 114 Å². The van der Waals surface area contributed by atoms with Gasteiger partial charge in [-0.3, -0.25) is 14.4 Å². The third kappa shape index (κ3) is 16.8. The van der Waals surface area contributed by atoms with Crippen molar-refractivity contribution in [3.8, 4) is 34.5 Å². The quantitative estimate of drug-likeness (QED) is 0.0231. The second-order valence-electron chi connectivity index (χ2n) is 34.5. The van der Waals surface area contributed by atoms with Gasteiger partial charge in [-0.25, -0.2) is 13.2 Å². The number of aromatic nitrogens is 3. The van der Waals surface area contributed by atoms with Gasteiger partial charge in [0.05, 0.1) is 104 Å². The molecular formula is C86H93F9N4O19. The van der Waals surface area contributed by atoms with Gasteiger partial charge in [-0.1, -0.05) is 59.7 Å². The van der Waals surface area contributed by atoms with Gasteiger partial charge < -0.3 is 97.4 Å². The van der Waals surface area contributed by atoms with Crippen molar-refractivity contribution in [1.82, 2.24) is 13.7 Å². The summed E-state index contributed by atoms with van der Waals surface area (Å²) >= 11 is 0. The van der Waals surface area contributed by atoms with E-state index in [2.05, 4.69) is 28.4 Å². The first-order valence-corrected chi connectivity index (χ1v) is 38.7. The highest BCUT2D eigenvalue weighted by Gasteiger charge is 2.56. The number of alkyl halides is 6. The molecule has 8 N–H and O–H groups in total. The highest BCUT2D eigenvalue weighted by atomic mass is 19.3. The molecule has 3 saturated carbocycles. The van der Waals surface area contributed by atoms with Crippen LogP contribution in [0.4, 0.5) is 45.2 Å². The van der Waals surface area contributed by atoms with Crippen molar-refractivity contribution in [2.45, 2.75) is 221 Å². The molecule has 23 nitrogen and oxygen atoms in total. The predicted octanol–water partition coefficient (Wildman–Crippen LogP) is 13.8. The fourth-order valence-electron chi connectivity index (χ4n) is 16.0. The Kier molecular flexibility index (Phi) is 21.7. The number of carboxylic acid groups (broad SMARTS) is 1. The average molecular weight is 1660 g/mol. The molecule has 0 spiro atoms. The van der Waals surface area contributed by atoms with Crippen LogP contribution in [-0.4, -0.2) is 150 Å². The molecule has 5 aliphatic heterocycles.